The molecule has 0 atom stereocenters. The summed E-state index contributed by atoms with van der Waals surface area (Å²) in [5.74, 6) is 1.75. The predicted octanol–water partition coefficient (Wildman–Crippen LogP) is 2.83. The Morgan fingerprint density at radius 2 is 1.77 bits per heavy atom. The van der Waals surface area contributed by atoms with Gasteiger partial charge in [0.25, 0.3) is 5.56 Å². The highest BCUT2D eigenvalue weighted by Crippen LogP contribution is 2.43. The Labute approximate surface area is 225 Å². The summed E-state index contributed by atoms with van der Waals surface area (Å²) < 4.78 is 25.8. The molecule has 0 aliphatic heterocycles. The molecule has 0 aromatic carbocycles. The molecule has 0 saturated heterocycles. The third-order valence-corrected chi connectivity index (χ3v) is 9.13. The van der Waals surface area contributed by atoms with Crippen molar-refractivity contribution in [1.82, 2.24) is 39.5 Å². The van der Waals surface area contributed by atoms with Gasteiger partial charge in [0.2, 0.25) is 0 Å². The zero-order valence-electron chi connectivity index (χ0n) is 21.8. The first kappa shape index (κ1) is 25.4. The lowest BCUT2D eigenvalue weighted by Gasteiger charge is -2.26. The first-order chi connectivity index (χ1) is 18.8. The van der Waals surface area contributed by atoms with E-state index in [9.17, 15) is 13.2 Å². The summed E-state index contributed by atoms with van der Waals surface area (Å²) in [6.45, 7) is 4.14. The summed E-state index contributed by atoms with van der Waals surface area (Å²) in [4.78, 5) is 44.9. The fourth-order valence-corrected chi connectivity index (χ4v) is 5.49. The van der Waals surface area contributed by atoms with Crippen molar-refractivity contribution in [1.29, 1.82) is 0 Å². The fraction of sp³-hybridized carbons (Fsp3) is 0.462. The molecule has 0 bridgehead atoms. The maximum atomic E-state index is 13.6. The molecule has 6 rings (SSSR count). The van der Waals surface area contributed by atoms with E-state index in [-0.39, 0.29) is 28.6 Å². The van der Waals surface area contributed by atoms with Gasteiger partial charge in [-0.15, -0.1) is 0 Å². The molecular weight excluding hydrogens is 518 g/mol. The number of hydrogen-bond donors (Lipinski definition) is 1. The first-order valence-corrected chi connectivity index (χ1v) is 14.9. The molecule has 0 unspecified atom stereocenters. The van der Waals surface area contributed by atoms with Crippen molar-refractivity contribution in [2.24, 2.45) is 5.92 Å². The molecule has 2 aliphatic rings. The zero-order chi connectivity index (χ0) is 27.1. The second-order valence-electron chi connectivity index (χ2n) is 10.2. The number of sulfone groups is 1. The Morgan fingerprint density at radius 3 is 2.44 bits per heavy atom. The van der Waals surface area contributed by atoms with Crippen LogP contribution in [-0.2, 0) is 22.9 Å². The topological polar surface area (TPSA) is 158 Å². The standard InChI is InChI=1S/C26H29N9O3S/c1-3-39(37,38)18-9-27-20(28-10-18)12-30-24-26(36)35(13-16-5-4-6-16)25-19(33-24)11-29-23(34-25)21-15(2)31-14-32-22(21)17-7-8-17/h9-11,14,16-17H,3-8,12-13H2,1-2H3,(H,30,33). The summed E-state index contributed by atoms with van der Waals surface area (Å²) in [5.41, 5.74) is 3.29. The maximum absolute atomic E-state index is 13.6. The third-order valence-electron chi connectivity index (χ3n) is 7.44. The molecule has 4 heterocycles. The van der Waals surface area contributed by atoms with Gasteiger partial charge in [-0.25, -0.2) is 43.3 Å². The van der Waals surface area contributed by atoms with Crippen LogP contribution in [0.3, 0.4) is 0 Å². The van der Waals surface area contributed by atoms with Crippen LogP contribution in [0.1, 0.15) is 62.2 Å². The monoisotopic (exact) mass is 547 g/mol. The molecule has 202 valence electrons. The average molecular weight is 548 g/mol. The van der Waals surface area contributed by atoms with E-state index >= 15 is 0 Å². The Morgan fingerprint density at radius 1 is 1.00 bits per heavy atom. The average Bonchev–Trinajstić information content (AvgIpc) is 3.76. The highest BCUT2D eigenvalue weighted by Gasteiger charge is 2.30. The minimum absolute atomic E-state index is 0.0297. The van der Waals surface area contributed by atoms with Crippen molar-refractivity contribution in [2.45, 2.75) is 69.9 Å². The van der Waals surface area contributed by atoms with Crippen molar-refractivity contribution in [3.05, 3.63) is 52.5 Å². The normalized spacial score (nSPS) is 15.8. The lowest BCUT2D eigenvalue weighted by molar-refractivity contribution is 0.276. The van der Waals surface area contributed by atoms with Crippen molar-refractivity contribution in [3.63, 3.8) is 0 Å². The lowest BCUT2D eigenvalue weighted by Crippen LogP contribution is -2.31. The summed E-state index contributed by atoms with van der Waals surface area (Å²) in [6, 6.07) is 0. The second-order valence-corrected chi connectivity index (χ2v) is 12.4. The van der Waals surface area contributed by atoms with Gasteiger partial charge >= 0.3 is 0 Å². The van der Waals surface area contributed by atoms with E-state index in [2.05, 4.69) is 35.2 Å². The minimum Gasteiger partial charge on any atom is -0.358 e. The molecule has 0 spiro atoms. The molecule has 0 radical (unpaired) electrons. The number of rotatable bonds is 9. The Kier molecular flexibility index (Phi) is 6.53. The summed E-state index contributed by atoms with van der Waals surface area (Å²) in [5, 5.41) is 3.04. The van der Waals surface area contributed by atoms with Gasteiger partial charge in [-0.2, -0.15) is 0 Å². The molecule has 2 saturated carbocycles. The van der Waals surface area contributed by atoms with E-state index in [1.54, 1.807) is 24.0 Å². The van der Waals surface area contributed by atoms with Crippen LogP contribution in [0.5, 0.6) is 0 Å². The second kappa shape index (κ2) is 10.0. The number of hydrogen-bond acceptors (Lipinski definition) is 11. The fourth-order valence-electron chi connectivity index (χ4n) is 4.73. The van der Waals surface area contributed by atoms with Crippen LogP contribution in [0.15, 0.2) is 34.6 Å². The molecular formula is C26H29N9O3S. The van der Waals surface area contributed by atoms with Crippen LogP contribution in [0.25, 0.3) is 22.6 Å². The van der Waals surface area contributed by atoms with Gasteiger partial charge in [0.15, 0.2) is 27.1 Å². The lowest BCUT2D eigenvalue weighted by atomic mass is 9.85. The van der Waals surface area contributed by atoms with Crippen molar-refractivity contribution < 1.29 is 8.42 Å². The summed E-state index contributed by atoms with van der Waals surface area (Å²) in [7, 11) is -3.39. The number of aryl methyl sites for hydroxylation is 1. The van der Waals surface area contributed by atoms with Crippen molar-refractivity contribution >= 4 is 26.8 Å². The van der Waals surface area contributed by atoms with Crippen molar-refractivity contribution in [2.75, 3.05) is 11.1 Å². The van der Waals surface area contributed by atoms with E-state index in [1.807, 2.05) is 6.92 Å². The van der Waals surface area contributed by atoms with E-state index in [0.29, 0.717) is 41.2 Å². The smallest absolute Gasteiger partial charge is 0.294 e. The molecule has 4 aromatic heterocycles. The maximum Gasteiger partial charge on any atom is 0.294 e. The van der Waals surface area contributed by atoms with E-state index in [0.717, 1.165) is 49.1 Å². The first-order valence-electron chi connectivity index (χ1n) is 13.2. The SMILES string of the molecule is CCS(=O)(=O)c1cnc(CNc2nc3cnc(-c4c(C)ncnc4C4CC4)nc3n(CC3CCC3)c2=O)nc1. The highest BCUT2D eigenvalue weighted by molar-refractivity contribution is 7.91. The van der Waals surface area contributed by atoms with Crippen LogP contribution < -0.4 is 10.9 Å². The van der Waals surface area contributed by atoms with Crippen LogP contribution in [0.2, 0.25) is 0 Å². The van der Waals surface area contributed by atoms with Gasteiger partial charge in [-0.05, 0) is 38.5 Å². The van der Waals surface area contributed by atoms with Crippen LogP contribution in [-0.4, -0.2) is 53.6 Å². The Hall–Kier alpha value is -3.87. The molecule has 1 N–H and O–H groups in total. The van der Waals surface area contributed by atoms with Crippen LogP contribution in [0, 0.1) is 12.8 Å². The molecule has 12 nitrogen and oxygen atoms in total. The van der Waals surface area contributed by atoms with Crippen LogP contribution in [0.4, 0.5) is 5.82 Å². The summed E-state index contributed by atoms with van der Waals surface area (Å²) in [6.07, 6.45) is 11.2. The summed E-state index contributed by atoms with van der Waals surface area (Å²) >= 11 is 0. The molecule has 2 aliphatic carbocycles. The number of nitrogens with zero attached hydrogens (tertiary/aromatic N) is 8. The van der Waals surface area contributed by atoms with Gasteiger partial charge in [-0.3, -0.25) is 9.36 Å². The predicted molar refractivity (Wildman–Crippen MR) is 144 cm³/mol. The van der Waals surface area contributed by atoms with Gasteiger partial charge < -0.3 is 5.32 Å². The molecule has 2 fully saturated rings. The Bertz CT molecular complexity index is 1710. The number of fused-ring (bicyclic) bond motifs is 1. The van der Waals surface area contributed by atoms with Gasteiger partial charge in [0.1, 0.15) is 22.6 Å². The third kappa shape index (κ3) is 4.98. The van der Waals surface area contributed by atoms with E-state index in [1.165, 1.54) is 12.4 Å². The number of aromatic nitrogens is 8. The largest absolute Gasteiger partial charge is 0.358 e. The molecule has 39 heavy (non-hydrogen) atoms. The molecule has 13 heteroatoms. The molecule has 0 amide bonds. The number of anilines is 1. The Balaban J connectivity index is 1.36. The van der Waals surface area contributed by atoms with Gasteiger partial charge in [0, 0.05) is 24.9 Å². The van der Waals surface area contributed by atoms with Crippen LogP contribution >= 0.6 is 0 Å². The van der Waals surface area contributed by atoms with E-state index in [4.69, 9.17) is 4.98 Å². The number of nitrogens with one attached hydrogen (secondary N) is 1. The van der Waals surface area contributed by atoms with Gasteiger partial charge in [0.05, 0.1) is 35.4 Å². The molecule has 4 aromatic rings. The van der Waals surface area contributed by atoms with Crippen molar-refractivity contribution in [3.8, 4) is 11.4 Å². The quantitative estimate of drug-likeness (QED) is 0.328. The van der Waals surface area contributed by atoms with Gasteiger partial charge in [-0.1, -0.05) is 13.3 Å². The highest BCUT2D eigenvalue weighted by atomic mass is 32.2. The minimum atomic E-state index is -3.39. The van der Waals surface area contributed by atoms with E-state index < -0.39 is 9.84 Å². The zero-order valence-corrected chi connectivity index (χ0v) is 22.6.